The fourth-order valence-corrected chi connectivity index (χ4v) is 2.26. The van der Waals surface area contributed by atoms with E-state index in [4.69, 9.17) is 4.74 Å². The van der Waals surface area contributed by atoms with Gasteiger partial charge in [0.05, 0.1) is 12.8 Å². The summed E-state index contributed by atoms with van der Waals surface area (Å²) in [6, 6.07) is 14.0. The first-order valence-electron chi connectivity index (χ1n) is 6.50. The molecule has 0 unspecified atom stereocenters. The smallest absolute Gasteiger partial charge is 0.256 e. The van der Waals surface area contributed by atoms with E-state index in [2.05, 4.69) is 5.32 Å². The number of nitrogens with one attached hydrogen (secondary N) is 1. The van der Waals surface area contributed by atoms with Gasteiger partial charge in [-0.05, 0) is 30.3 Å². The molecule has 1 heterocycles. The van der Waals surface area contributed by atoms with Gasteiger partial charge < -0.3 is 10.1 Å². The van der Waals surface area contributed by atoms with Gasteiger partial charge in [-0.1, -0.05) is 18.2 Å². The van der Waals surface area contributed by atoms with Crippen LogP contribution in [0.2, 0.25) is 0 Å². The maximum Gasteiger partial charge on any atom is 0.256 e. The molecule has 0 aliphatic carbocycles. The highest BCUT2D eigenvalue weighted by atomic mass is 16.5. The number of benzene rings is 2. The second-order valence-electron chi connectivity index (χ2n) is 4.65. The molecule has 0 fully saturated rings. The number of rotatable bonds is 3. The largest absolute Gasteiger partial charge is 0.497 e. The zero-order valence-corrected chi connectivity index (χ0v) is 11.4. The van der Waals surface area contributed by atoms with E-state index >= 15 is 0 Å². The fraction of sp³-hybridized carbons (Fsp3) is 0.0588. The lowest BCUT2D eigenvalue weighted by Gasteiger charge is -2.02. The van der Waals surface area contributed by atoms with Gasteiger partial charge in [0, 0.05) is 22.8 Å². The monoisotopic (exact) mass is 279 g/mol. The highest BCUT2D eigenvalue weighted by Gasteiger charge is 2.23. The van der Waals surface area contributed by atoms with Crippen LogP contribution in [0.15, 0.2) is 54.6 Å². The number of carbonyl (C=O) groups is 2. The second kappa shape index (κ2) is 5.25. The molecule has 0 aromatic heterocycles. The van der Waals surface area contributed by atoms with Crippen molar-refractivity contribution in [3.63, 3.8) is 0 Å². The molecule has 3 rings (SSSR count). The van der Waals surface area contributed by atoms with E-state index < -0.39 is 0 Å². The van der Waals surface area contributed by atoms with Crippen LogP contribution in [0.25, 0.3) is 5.70 Å². The van der Waals surface area contributed by atoms with Crippen LogP contribution in [-0.2, 0) is 0 Å². The molecule has 4 heteroatoms. The molecule has 0 atom stereocenters. The summed E-state index contributed by atoms with van der Waals surface area (Å²) < 4.78 is 5.06. The molecular weight excluding hydrogens is 266 g/mol. The normalized spacial score (nSPS) is 14.7. The van der Waals surface area contributed by atoms with Crippen molar-refractivity contribution in [2.75, 3.05) is 7.11 Å². The van der Waals surface area contributed by atoms with Gasteiger partial charge in [-0.3, -0.25) is 9.59 Å². The number of ether oxygens (including phenoxy) is 1. The molecule has 21 heavy (non-hydrogen) atoms. The van der Waals surface area contributed by atoms with Gasteiger partial charge in [0.2, 0.25) is 0 Å². The number of carbonyl (C=O) groups excluding carboxylic acids is 2. The van der Waals surface area contributed by atoms with Crippen LogP contribution in [0.1, 0.15) is 26.3 Å². The summed E-state index contributed by atoms with van der Waals surface area (Å²) in [5, 5.41) is 2.72. The predicted molar refractivity (Wildman–Crippen MR) is 79.2 cm³/mol. The van der Waals surface area contributed by atoms with Crippen molar-refractivity contribution in [3.8, 4) is 5.75 Å². The number of fused-ring (bicyclic) bond motifs is 1. The van der Waals surface area contributed by atoms with Crippen molar-refractivity contribution in [3.05, 3.63) is 71.3 Å². The molecule has 1 aliphatic rings. The van der Waals surface area contributed by atoms with E-state index in [1.807, 2.05) is 12.1 Å². The third-order valence-electron chi connectivity index (χ3n) is 3.36. The maximum atomic E-state index is 12.2. The van der Waals surface area contributed by atoms with Crippen molar-refractivity contribution in [1.82, 2.24) is 5.32 Å². The van der Waals surface area contributed by atoms with Crippen LogP contribution in [0.3, 0.4) is 0 Å². The molecular formula is C17H13NO3. The van der Waals surface area contributed by atoms with Gasteiger partial charge in [-0.15, -0.1) is 0 Å². The molecule has 0 spiro atoms. The maximum absolute atomic E-state index is 12.2. The summed E-state index contributed by atoms with van der Waals surface area (Å²) in [6.07, 6.45) is 1.45. The van der Waals surface area contributed by atoms with Gasteiger partial charge in [0.15, 0.2) is 5.78 Å². The Kier molecular flexibility index (Phi) is 3.28. The van der Waals surface area contributed by atoms with Gasteiger partial charge in [-0.25, -0.2) is 0 Å². The van der Waals surface area contributed by atoms with Crippen LogP contribution < -0.4 is 10.1 Å². The summed E-state index contributed by atoms with van der Waals surface area (Å²) in [4.78, 5) is 24.0. The van der Waals surface area contributed by atoms with Crippen molar-refractivity contribution >= 4 is 17.4 Å². The number of hydrogen-bond acceptors (Lipinski definition) is 3. The summed E-state index contributed by atoms with van der Waals surface area (Å²) in [5.74, 6) is 0.350. The highest BCUT2D eigenvalue weighted by Crippen LogP contribution is 2.24. The van der Waals surface area contributed by atoms with Crippen molar-refractivity contribution in [1.29, 1.82) is 0 Å². The van der Waals surface area contributed by atoms with Gasteiger partial charge in [0.25, 0.3) is 5.91 Å². The zero-order valence-electron chi connectivity index (χ0n) is 11.4. The standard InChI is InChI=1S/C17H13NO3/c1-21-12-8-6-11(7-9-12)16(19)10-15-13-4-2-3-5-14(13)17(20)18-15/h2-10H,1H3,(H,18,20)/b15-10-. The molecule has 0 radical (unpaired) electrons. The van der Waals surface area contributed by atoms with E-state index in [0.717, 1.165) is 5.56 Å². The first-order chi connectivity index (χ1) is 10.2. The van der Waals surface area contributed by atoms with E-state index in [9.17, 15) is 9.59 Å². The van der Waals surface area contributed by atoms with Crippen LogP contribution in [-0.4, -0.2) is 18.8 Å². The Hall–Kier alpha value is -2.88. The average Bonchev–Trinajstić information content (AvgIpc) is 2.84. The number of amides is 1. The zero-order chi connectivity index (χ0) is 14.8. The highest BCUT2D eigenvalue weighted by molar-refractivity contribution is 6.15. The lowest BCUT2D eigenvalue weighted by atomic mass is 10.1. The molecule has 0 saturated heterocycles. The minimum absolute atomic E-state index is 0.162. The predicted octanol–water partition coefficient (Wildman–Crippen LogP) is 2.66. The molecule has 2 aromatic rings. The number of ketones is 1. The Balaban J connectivity index is 1.92. The summed E-state index contributed by atoms with van der Waals surface area (Å²) in [7, 11) is 1.57. The molecule has 0 saturated carbocycles. The Morgan fingerprint density at radius 2 is 1.71 bits per heavy atom. The van der Waals surface area contributed by atoms with Crippen LogP contribution in [0.4, 0.5) is 0 Å². The molecule has 2 aromatic carbocycles. The fourth-order valence-electron chi connectivity index (χ4n) is 2.26. The average molecular weight is 279 g/mol. The Bertz CT molecular complexity index is 745. The minimum atomic E-state index is -0.181. The molecule has 4 nitrogen and oxygen atoms in total. The SMILES string of the molecule is COc1ccc(C(=O)/C=C2\NC(=O)c3ccccc32)cc1. The van der Waals surface area contributed by atoms with Crippen LogP contribution in [0, 0.1) is 0 Å². The van der Waals surface area contributed by atoms with E-state index in [1.54, 1.807) is 43.5 Å². The number of allylic oxidation sites excluding steroid dienone is 1. The molecule has 0 bridgehead atoms. The second-order valence-corrected chi connectivity index (χ2v) is 4.65. The molecule has 1 N–H and O–H groups in total. The Morgan fingerprint density at radius 3 is 2.38 bits per heavy atom. The first-order valence-corrected chi connectivity index (χ1v) is 6.50. The number of methoxy groups -OCH3 is 1. The Morgan fingerprint density at radius 1 is 1.05 bits per heavy atom. The minimum Gasteiger partial charge on any atom is -0.497 e. The summed E-state index contributed by atoms with van der Waals surface area (Å²) in [5.41, 5.74) is 2.42. The third kappa shape index (κ3) is 2.43. The van der Waals surface area contributed by atoms with E-state index in [0.29, 0.717) is 22.6 Å². The van der Waals surface area contributed by atoms with Gasteiger partial charge in [0.1, 0.15) is 5.75 Å². The number of hydrogen-bond donors (Lipinski definition) is 1. The van der Waals surface area contributed by atoms with E-state index in [1.165, 1.54) is 6.08 Å². The summed E-state index contributed by atoms with van der Waals surface area (Å²) >= 11 is 0. The van der Waals surface area contributed by atoms with E-state index in [-0.39, 0.29) is 11.7 Å². The van der Waals surface area contributed by atoms with Gasteiger partial charge in [-0.2, -0.15) is 0 Å². The molecule has 1 amide bonds. The molecule has 104 valence electrons. The first kappa shape index (κ1) is 13.1. The quantitative estimate of drug-likeness (QED) is 0.694. The van der Waals surface area contributed by atoms with Crippen LogP contribution >= 0.6 is 0 Å². The molecule has 1 aliphatic heterocycles. The van der Waals surface area contributed by atoms with Gasteiger partial charge >= 0.3 is 0 Å². The Labute approximate surface area is 122 Å². The topological polar surface area (TPSA) is 55.4 Å². The van der Waals surface area contributed by atoms with Crippen LogP contribution in [0.5, 0.6) is 5.75 Å². The lowest BCUT2D eigenvalue weighted by Crippen LogP contribution is -2.13. The lowest BCUT2D eigenvalue weighted by molar-refractivity contribution is 0.0981. The van der Waals surface area contributed by atoms with Crippen molar-refractivity contribution < 1.29 is 14.3 Å². The van der Waals surface area contributed by atoms with Crippen molar-refractivity contribution in [2.45, 2.75) is 0 Å². The third-order valence-corrected chi connectivity index (χ3v) is 3.36. The van der Waals surface area contributed by atoms with Crippen molar-refractivity contribution in [2.24, 2.45) is 0 Å². The summed E-state index contributed by atoms with van der Waals surface area (Å²) in [6.45, 7) is 0.